The number of hydrogen-bond acceptors (Lipinski definition) is 7. The first-order valence-corrected chi connectivity index (χ1v) is 14.5. The van der Waals surface area contributed by atoms with E-state index in [1.807, 2.05) is 64.1 Å². The quantitative estimate of drug-likeness (QED) is 0.103. The average Bonchev–Trinajstić information content (AvgIpc) is 3.48. The zero-order chi connectivity index (χ0) is 29.4. The number of methoxy groups -OCH3 is 1. The number of rotatable bonds is 8. The fourth-order valence-electron chi connectivity index (χ4n) is 5.24. The molecule has 212 valence electrons. The van der Waals surface area contributed by atoms with E-state index in [0.717, 1.165) is 45.3 Å². The Kier molecular flexibility index (Phi) is 7.87. The van der Waals surface area contributed by atoms with Crippen LogP contribution in [-0.2, 0) is 9.59 Å². The molecule has 1 N–H and O–H groups in total. The SMILES string of the molecule is CCCCOc1ccc(C2/C(=C(\O)c3cc(C)ccc3C)C(=O)C(=O)N2c2nc3c(C)cc(C)cc3s2)cc1OC. The van der Waals surface area contributed by atoms with Crippen molar-refractivity contribution in [1.82, 2.24) is 4.98 Å². The number of ketones is 1. The second kappa shape index (κ2) is 11.4. The summed E-state index contributed by atoms with van der Waals surface area (Å²) in [6, 6.07) is 14.2. The van der Waals surface area contributed by atoms with Crippen LogP contribution in [0.4, 0.5) is 5.13 Å². The van der Waals surface area contributed by atoms with Crippen molar-refractivity contribution >= 4 is 44.1 Å². The van der Waals surface area contributed by atoms with E-state index in [2.05, 4.69) is 6.92 Å². The molecule has 0 bridgehead atoms. The van der Waals surface area contributed by atoms with Crippen LogP contribution in [0.25, 0.3) is 16.0 Å². The number of carbonyl (C=O) groups excluding carboxylic acids is 2. The van der Waals surface area contributed by atoms with Crippen molar-refractivity contribution in [3.63, 3.8) is 0 Å². The summed E-state index contributed by atoms with van der Waals surface area (Å²) in [5.74, 6) is -0.665. The standard InChI is InChI=1S/C33H34N2O5S/c1-7-8-13-40-24-12-11-22(17-25(24)39-6)29-27(30(36)23-15-18(2)9-10-20(23)4)31(37)32(38)35(29)33-34-28-21(5)14-19(3)16-26(28)41-33/h9-12,14-17,29,36H,7-8,13H2,1-6H3/b30-27+. The Balaban J connectivity index is 1.73. The molecule has 1 aromatic heterocycles. The molecule has 4 aromatic rings. The lowest BCUT2D eigenvalue weighted by molar-refractivity contribution is -0.132. The summed E-state index contributed by atoms with van der Waals surface area (Å²) in [5, 5.41) is 12.1. The van der Waals surface area contributed by atoms with Crippen molar-refractivity contribution in [3.8, 4) is 11.5 Å². The molecule has 1 fully saturated rings. The molecule has 1 amide bonds. The van der Waals surface area contributed by atoms with E-state index in [9.17, 15) is 14.7 Å². The molecule has 7 nitrogen and oxygen atoms in total. The maximum Gasteiger partial charge on any atom is 0.301 e. The highest BCUT2D eigenvalue weighted by Gasteiger charge is 2.48. The molecule has 1 atom stereocenters. The van der Waals surface area contributed by atoms with Crippen molar-refractivity contribution in [1.29, 1.82) is 0 Å². The average molecular weight is 571 g/mol. The summed E-state index contributed by atoms with van der Waals surface area (Å²) in [4.78, 5) is 33.7. The van der Waals surface area contributed by atoms with Gasteiger partial charge in [-0.15, -0.1) is 0 Å². The predicted octanol–water partition coefficient (Wildman–Crippen LogP) is 7.34. The summed E-state index contributed by atoms with van der Waals surface area (Å²) >= 11 is 1.35. The van der Waals surface area contributed by atoms with E-state index < -0.39 is 17.7 Å². The van der Waals surface area contributed by atoms with Crippen LogP contribution in [0, 0.1) is 27.7 Å². The first kappa shape index (κ1) is 28.4. The van der Waals surface area contributed by atoms with Gasteiger partial charge in [0, 0.05) is 5.56 Å². The molecule has 8 heteroatoms. The number of carbonyl (C=O) groups is 2. The van der Waals surface area contributed by atoms with Crippen molar-refractivity contribution in [3.05, 3.63) is 87.5 Å². The predicted molar refractivity (Wildman–Crippen MR) is 163 cm³/mol. The smallest absolute Gasteiger partial charge is 0.301 e. The molecule has 5 rings (SSSR count). The van der Waals surface area contributed by atoms with Crippen LogP contribution < -0.4 is 14.4 Å². The van der Waals surface area contributed by atoms with E-state index in [0.29, 0.717) is 34.4 Å². The van der Waals surface area contributed by atoms with E-state index in [1.54, 1.807) is 19.2 Å². The number of nitrogens with zero attached hydrogens (tertiary/aromatic N) is 2. The number of fused-ring (bicyclic) bond motifs is 1. The molecule has 1 unspecified atom stereocenters. The van der Waals surface area contributed by atoms with Gasteiger partial charge in [0.1, 0.15) is 5.76 Å². The number of aliphatic hydroxyl groups excluding tert-OH is 1. The number of aromatic nitrogens is 1. The Bertz CT molecular complexity index is 1700. The molecule has 3 aromatic carbocycles. The number of aliphatic hydroxyl groups is 1. The number of amides is 1. The summed E-state index contributed by atoms with van der Waals surface area (Å²) in [5.41, 5.74) is 5.69. The summed E-state index contributed by atoms with van der Waals surface area (Å²) in [6.45, 7) is 10.4. The number of unbranched alkanes of at least 4 members (excludes halogenated alkanes) is 1. The number of anilines is 1. The summed E-state index contributed by atoms with van der Waals surface area (Å²) in [6.07, 6.45) is 1.89. The number of thiazole rings is 1. The Hall–Kier alpha value is -4.17. The van der Waals surface area contributed by atoms with Crippen molar-refractivity contribution in [2.24, 2.45) is 0 Å². The second-order valence-corrected chi connectivity index (χ2v) is 11.5. The second-order valence-electron chi connectivity index (χ2n) is 10.5. The summed E-state index contributed by atoms with van der Waals surface area (Å²) in [7, 11) is 1.55. The van der Waals surface area contributed by atoms with Gasteiger partial charge in [0.25, 0.3) is 5.78 Å². The summed E-state index contributed by atoms with van der Waals surface area (Å²) < 4.78 is 12.5. The Morgan fingerprint density at radius 2 is 1.76 bits per heavy atom. The van der Waals surface area contributed by atoms with Gasteiger partial charge in [-0.1, -0.05) is 54.5 Å². The van der Waals surface area contributed by atoms with Gasteiger partial charge < -0.3 is 14.6 Å². The maximum atomic E-state index is 13.8. The number of benzene rings is 3. The van der Waals surface area contributed by atoms with Crippen LogP contribution >= 0.6 is 11.3 Å². The highest BCUT2D eigenvalue weighted by molar-refractivity contribution is 7.22. The number of Topliss-reactive ketones (excluding diaryl/α,β-unsaturated/α-hetero) is 1. The maximum absolute atomic E-state index is 13.8. The zero-order valence-corrected chi connectivity index (χ0v) is 25.0. The fourth-order valence-corrected chi connectivity index (χ4v) is 6.41. The van der Waals surface area contributed by atoms with Crippen molar-refractivity contribution < 1.29 is 24.2 Å². The third kappa shape index (κ3) is 5.20. The third-order valence-electron chi connectivity index (χ3n) is 7.38. The molecule has 0 saturated carbocycles. The van der Waals surface area contributed by atoms with Gasteiger partial charge in [0.05, 0.1) is 35.5 Å². The number of aryl methyl sites for hydroxylation is 4. The molecule has 1 saturated heterocycles. The highest BCUT2D eigenvalue weighted by atomic mass is 32.1. The van der Waals surface area contributed by atoms with Crippen LogP contribution in [-0.4, -0.2) is 35.5 Å². The molecule has 1 aliphatic rings. The topological polar surface area (TPSA) is 89.0 Å². The Morgan fingerprint density at radius 1 is 0.976 bits per heavy atom. The van der Waals surface area contributed by atoms with E-state index in [-0.39, 0.29) is 11.3 Å². The van der Waals surface area contributed by atoms with Crippen LogP contribution in [0.15, 0.2) is 54.1 Å². The lowest BCUT2D eigenvalue weighted by atomic mass is 9.93. The molecule has 0 aliphatic carbocycles. The Morgan fingerprint density at radius 3 is 2.49 bits per heavy atom. The fraction of sp³-hybridized carbons (Fsp3) is 0.303. The van der Waals surface area contributed by atoms with E-state index >= 15 is 0 Å². The van der Waals surface area contributed by atoms with Crippen LogP contribution in [0.2, 0.25) is 0 Å². The molecule has 1 aliphatic heterocycles. The molecule has 2 heterocycles. The lowest BCUT2D eigenvalue weighted by Crippen LogP contribution is -2.29. The first-order chi connectivity index (χ1) is 19.6. The molecular weight excluding hydrogens is 536 g/mol. The van der Waals surface area contributed by atoms with Gasteiger partial charge in [-0.25, -0.2) is 4.98 Å². The van der Waals surface area contributed by atoms with Gasteiger partial charge in [0.2, 0.25) is 0 Å². The first-order valence-electron chi connectivity index (χ1n) is 13.7. The normalized spacial score (nSPS) is 16.5. The highest BCUT2D eigenvalue weighted by Crippen LogP contribution is 2.46. The van der Waals surface area contributed by atoms with E-state index in [4.69, 9.17) is 14.5 Å². The Labute approximate surface area is 244 Å². The minimum absolute atomic E-state index is 0.0116. The van der Waals surface area contributed by atoms with Gasteiger partial charge in [-0.2, -0.15) is 0 Å². The molecule has 0 radical (unpaired) electrons. The third-order valence-corrected chi connectivity index (χ3v) is 8.38. The molecule has 41 heavy (non-hydrogen) atoms. The minimum atomic E-state index is -0.921. The lowest BCUT2D eigenvalue weighted by Gasteiger charge is -2.24. The zero-order valence-electron chi connectivity index (χ0n) is 24.2. The van der Waals surface area contributed by atoms with Gasteiger partial charge in [-0.05, 0) is 80.6 Å². The minimum Gasteiger partial charge on any atom is -0.507 e. The van der Waals surface area contributed by atoms with Crippen LogP contribution in [0.3, 0.4) is 0 Å². The van der Waals surface area contributed by atoms with E-state index in [1.165, 1.54) is 16.2 Å². The molecule has 0 spiro atoms. The van der Waals surface area contributed by atoms with Crippen LogP contribution in [0.1, 0.15) is 59.2 Å². The van der Waals surface area contributed by atoms with Gasteiger partial charge >= 0.3 is 5.91 Å². The van der Waals surface area contributed by atoms with Crippen molar-refractivity contribution in [2.45, 2.75) is 53.5 Å². The van der Waals surface area contributed by atoms with Gasteiger partial charge in [0.15, 0.2) is 16.6 Å². The number of hydrogen-bond donors (Lipinski definition) is 1. The monoisotopic (exact) mass is 570 g/mol. The van der Waals surface area contributed by atoms with Crippen LogP contribution in [0.5, 0.6) is 11.5 Å². The van der Waals surface area contributed by atoms with Gasteiger partial charge in [-0.3, -0.25) is 14.5 Å². The van der Waals surface area contributed by atoms with Crippen molar-refractivity contribution in [2.75, 3.05) is 18.6 Å². The number of ether oxygens (including phenoxy) is 2. The molecular formula is C33H34N2O5S. The largest absolute Gasteiger partial charge is 0.507 e.